The number of nitrogens with zero attached hydrogens (tertiary/aromatic N) is 1. The minimum absolute atomic E-state index is 0.0786. The molecular formula is C12H12BrNO5. The number of rotatable bonds is 6. The number of Topliss-reactive ketones (excluding diaryl/α,β-unsaturated/α-hetero) is 1. The third-order valence-electron chi connectivity index (χ3n) is 2.30. The first-order valence-electron chi connectivity index (χ1n) is 5.51. The number of carbonyl (C=O) groups excluding carboxylic acids is 2. The lowest BCUT2D eigenvalue weighted by Crippen LogP contribution is -2.09. The van der Waals surface area contributed by atoms with Gasteiger partial charge in [-0.2, -0.15) is 0 Å². The molecule has 1 rings (SSSR count). The number of alkyl halides is 1. The monoisotopic (exact) mass is 329 g/mol. The fourth-order valence-electron chi connectivity index (χ4n) is 1.49. The zero-order valence-electron chi connectivity index (χ0n) is 10.2. The molecule has 102 valence electrons. The molecule has 0 bridgehead atoms. The highest BCUT2D eigenvalue weighted by atomic mass is 79.9. The number of ketones is 1. The summed E-state index contributed by atoms with van der Waals surface area (Å²) >= 11 is 3.02. The number of halogens is 1. The second-order valence-corrected chi connectivity index (χ2v) is 4.24. The Hall–Kier alpha value is -1.76. The molecular weight excluding hydrogens is 318 g/mol. The van der Waals surface area contributed by atoms with Gasteiger partial charge >= 0.3 is 5.97 Å². The van der Waals surface area contributed by atoms with Crippen LogP contribution in [0.25, 0.3) is 0 Å². The van der Waals surface area contributed by atoms with Crippen molar-refractivity contribution in [2.24, 2.45) is 0 Å². The van der Waals surface area contributed by atoms with Crippen molar-refractivity contribution in [3.63, 3.8) is 0 Å². The number of carbonyl (C=O) groups is 2. The summed E-state index contributed by atoms with van der Waals surface area (Å²) in [4.78, 5) is 33.1. The lowest BCUT2D eigenvalue weighted by atomic mass is 10.1. The second kappa shape index (κ2) is 6.98. The van der Waals surface area contributed by atoms with Crippen molar-refractivity contribution < 1.29 is 19.2 Å². The van der Waals surface area contributed by atoms with E-state index < -0.39 is 10.9 Å². The van der Waals surface area contributed by atoms with Crippen molar-refractivity contribution in [1.29, 1.82) is 0 Å². The molecule has 1 aromatic rings. The number of nitro groups is 1. The van der Waals surface area contributed by atoms with Crippen molar-refractivity contribution in [1.82, 2.24) is 0 Å². The van der Waals surface area contributed by atoms with E-state index in [1.807, 2.05) is 0 Å². The van der Waals surface area contributed by atoms with Crippen LogP contribution in [0, 0.1) is 10.1 Å². The van der Waals surface area contributed by atoms with Gasteiger partial charge in [0, 0.05) is 12.5 Å². The van der Waals surface area contributed by atoms with Gasteiger partial charge in [-0.1, -0.05) is 22.0 Å². The highest BCUT2D eigenvalue weighted by molar-refractivity contribution is 9.09. The lowest BCUT2D eigenvalue weighted by Gasteiger charge is -2.05. The molecule has 0 aliphatic heterocycles. The van der Waals surface area contributed by atoms with Crippen LogP contribution in [0.15, 0.2) is 18.2 Å². The first-order chi connectivity index (χ1) is 8.99. The van der Waals surface area contributed by atoms with Crippen molar-refractivity contribution in [2.45, 2.75) is 13.3 Å². The molecule has 0 atom stereocenters. The van der Waals surface area contributed by atoms with Crippen molar-refractivity contribution >= 4 is 33.4 Å². The minimum Gasteiger partial charge on any atom is -0.462 e. The van der Waals surface area contributed by atoms with E-state index >= 15 is 0 Å². The van der Waals surface area contributed by atoms with Crippen molar-refractivity contribution in [3.8, 4) is 0 Å². The van der Waals surface area contributed by atoms with E-state index in [0.717, 1.165) is 0 Å². The quantitative estimate of drug-likeness (QED) is 0.346. The fourth-order valence-corrected chi connectivity index (χ4v) is 1.69. The summed E-state index contributed by atoms with van der Waals surface area (Å²) in [7, 11) is 0. The topological polar surface area (TPSA) is 86.5 Å². The normalized spacial score (nSPS) is 10.0. The Kier molecular flexibility index (Phi) is 5.62. The molecule has 1 aromatic carbocycles. The first-order valence-corrected chi connectivity index (χ1v) is 6.63. The van der Waals surface area contributed by atoms with Crippen LogP contribution in [0.1, 0.15) is 22.8 Å². The molecule has 0 unspecified atom stereocenters. The van der Waals surface area contributed by atoms with Crippen molar-refractivity contribution in [3.05, 3.63) is 39.4 Å². The van der Waals surface area contributed by atoms with Gasteiger partial charge in [0.05, 0.1) is 16.9 Å². The van der Waals surface area contributed by atoms with E-state index in [9.17, 15) is 19.7 Å². The molecule has 0 aromatic heterocycles. The van der Waals surface area contributed by atoms with Gasteiger partial charge in [-0.15, -0.1) is 0 Å². The Balaban J connectivity index is 3.11. The zero-order chi connectivity index (χ0) is 14.4. The van der Waals surface area contributed by atoms with Crippen LogP contribution in [0.4, 0.5) is 5.69 Å². The van der Waals surface area contributed by atoms with Gasteiger partial charge < -0.3 is 4.74 Å². The number of esters is 1. The summed E-state index contributed by atoms with van der Waals surface area (Å²) in [6, 6.07) is 4.06. The Bertz CT molecular complexity index is 515. The Morgan fingerprint density at radius 1 is 1.42 bits per heavy atom. The molecule has 0 saturated carbocycles. The van der Waals surface area contributed by atoms with E-state index in [1.165, 1.54) is 18.2 Å². The zero-order valence-corrected chi connectivity index (χ0v) is 11.8. The molecule has 0 aliphatic carbocycles. The molecule has 0 radical (unpaired) electrons. The summed E-state index contributed by atoms with van der Waals surface area (Å²) in [5.74, 6) is -0.842. The average Bonchev–Trinajstić information content (AvgIpc) is 2.38. The largest absolute Gasteiger partial charge is 0.462 e. The predicted molar refractivity (Wildman–Crippen MR) is 71.6 cm³/mol. The Morgan fingerprint density at radius 3 is 2.63 bits per heavy atom. The molecule has 7 heteroatoms. The van der Waals surface area contributed by atoms with Gasteiger partial charge in [0.25, 0.3) is 5.69 Å². The number of benzene rings is 1. The summed E-state index contributed by atoms with van der Waals surface area (Å²) < 4.78 is 4.74. The van der Waals surface area contributed by atoms with Gasteiger partial charge in [0.15, 0.2) is 0 Å². The number of nitro benzene ring substituents is 1. The van der Waals surface area contributed by atoms with Crippen molar-refractivity contribution in [2.75, 3.05) is 11.9 Å². The summed E-state index contributed by atoms with van der Waals surface area (Å²) in [5, 5.41) is 11.1. The predicted octanol–water partition coefficient (Wildman–Crippen LogP) is 2.28. The molecule has 0 saturated heterocycles. The number of hydrogen-bond acceptors (Lipinski definition) is 5. The van der Waals surface area contributed by atoms with Crippen LogP contribution in [-0.4, -0.2) is 28.6 Å². The van der Waals surface area contributed by atoms with Crippen LogP contribution in [-0.2, 0) is 16.0 Å². The van der Waals surface area contributed by atoms with E-state index in [2.05, 4.69) is 15.9 Å². The molecule has 19 heavy (non-hydrogen) atoms. The van der Waals surface area contributed by atoms with Crippen LogP contribution in [0.5, 0.6) is 0 Å². The maximum atomic E-state index is 11.6. The standard InChI is InChI=1S/C12H12BrNO5/c1-2-19-12(16)10-4-3-8(5-9(15)7-13)6-11(10)14(17)18/h3-4,6H,2,5,7H2,1H3. The molecule has 6 nitrogen and oxygen atoms in total. The number of ether oxygens (including phenoxy) is 1. The van der Waals surface area contributed by atoms with Crippen LogP contribution in [0.2, 0.25) is 0 Å². The SMILES string of the molecule is CCOC(=O)c1ccc(CC(=O)CBr)cc1[N+](=O)[O-]. The molecule has 0 amide bonds. The summed E-state index contributed by atoms with van der Waals surface area (Å²) in [5.41, 5.74) is 0.0319. The molecule has 0 fully saturated rings. The third kappa shape index (κ3) is 4.13. The highest BCUT2D eigenvalue weighted by Gasteiger charge is 2.22. The Morgan fingerprint density at radius 2 is 2.11 bits per heavy atom. The smallest absolute Gasteiger partial charge is 0.345 e. The third-order valence-corrected chi connectivity index (χ3v) is 2.93. The molecule has 0 spiro atoms. The average molecular weight is 330 g/mol. The lowest BCUT2D eigenvalue weighted by molar-refractivity contribution is -0.385. The van der Waals surface area contributed by atoms with Gasteiger partial charge in [0.1, 0.15) is 11.3 Å². The second-order valence-electron chi connectivity index (χ2n) is 3.68. The Labute approximate surface area is 118 Å². The summed E-state index contributed by atoms with van der Waals surface area (Å²) in [6.45, 7) is 1.76. The van der Waals surface area contributed by atoms with Gasteiger partial charge in [-0.3, -0.25) is 14.9 Å². The maximum Gasteiger partial charge on any atom is 0.345 e. The molecule has 0 heterocycles. The van der Waals surface area contributed by atoms with Gasteiger partial charge in [0.2, 0.25) is 0 Å². The van der Waals surface area contributed by atoms with Gasteiger partial charge in [-0.05, 0) is 18.6 Å². The number of hydrogen-bond donors (Lipinski definition) is 0. The highest BCUT2D eigenvalue weighted by Crippen LogP contribution is 2.22. The maximum absolute atomic E-state index is 11.6. The minimum atomic E-state index is -0.743. The van der Waals surface area contributed by atoms with Crippen LogP contribution >= 0.6 is 15.9 Å². The van der Waals surface area contributed by atoms with E-state index in [1.54, 1.807) is 6.92 Å². The fraction of sp³-hybridized carbons (Fsp3) is 0.333. The van der Waals surface area contributed by atoms with Crippen LogP contribution < -0.4 is 0 Å². The molecule has 0 aliphatic rings. The summed E-state index contributed by atoms with van der Waals surface area (Å²) in [6.07, 6.45) is 0.0786. The first kappa shape index (κ1) is 15.3. The molecule has 0 N–H and O–H groups in total. The van der Waals surface area contributed by atoms with Gasteiger partial charge in [-0.25, -0.2) is 4.79 Å². The van der Waals surface area contributed by atoms with E-state index in [0.29, 0.717) is 5.56 Å². The van der Waals surface area contributed by atoms with E-state index in [-0.39, 0.29) is 35.4 Å². The van der Waals surface area contributed by atoms with Crippen LogP contribution in [0.3, 0.4) is 0 Å². The van der Waals surface area contributed by atoms with E-state index in [4.69, 9.17) is 4.74 Å².